The van der Waals surface area contributed by atoms with Crippen LogP contribution in [0, 0.1) is 0 Å². The van der Waals surface area contributed by atoms with Crippen LogP contribution in [0.4, 0.5) is 11.4 Å². The minimum absolute atomic E-state index is 0.0926. The van der Waals surface area contributed by atoms with E-state index in [9.17, 15) is 4.79 Å². The summed E-state index contributed by atoms with van der Waals surface area (Å²) in [6.07, 6.45) is -0.241. The van der Waals surface area contributed by atoms with Gasteiger partial charge in [-0.1, -0.05) is 41.9 Å². The smallest absolute Gasteiger partial charge is 0.198 e. The van der Waals surface area contributed by atoms with E-state index in [-0.39, 0.29) is 11.9 Å². The minimum atomic E-state index is -0.241. The molecule has 3 aromatic rings. The molecule has 0 unspecified atom stereocenters. The van der Waals surface area contributed by atoms with Gasteiger partial charge in [-0.05, 0) is 41.8 Å². The van der Waals surface area contributed by atoms with Crippen molar-refractivity contribution in [2.24, 2.45) is 5.10 Å². The third kappa shape index (κ3) is 3.00. The molecule has 2 aromatic carbocycles. The largest absolute Gasteiger partial charge is 0.294 e. The third-order valence-electron chi connectivity index (χ3n) is 4.13. The van der Waals surface area contributed by atoms with Crippen LogP contribution in [-0.4, -0.2) is 11.6 Å². The van der Waals surface area contributed by atoms with Crippen molar-refractivity contribution in [3.05, 3.63) is 82.0 Å². The Kier molecular flexibility index (Phi) is 4.49. The number of para-hydroxylation sites is 1. The van der Waals surface area contributed by atoms with Crippen LogP contribution < -0.4 is 9.91 Å². The topological polar surface area (TPSA) is 35.9 Å². The molecular weight excluding hydrogens is 366 g/mol. The Morgan fingerprint density at radius 3 is 2.46 bits per heavy atom. The first-order valence-corrected chi connectivity index (χ1v) is 9.43. The molecule has 0 saturated heterocycles. The maximum absolute atomic E-state index is 12.4. The first-order chi connectivity index (χ1) is 12.6. The van der Waals surface area contributed by atoms with Gasteiger partial charge in [0.15, 0.2) is 17.8 Å². The van der Waals surface area contributed by atoms with Gasteiger partial charge in [0.05, 0.1) is 5.69 Å². The second-order valence-electron chi connectivity index (χ2n) is 5.90. The molecule has 1 aliphatic heterocycles. The van der Waals surface area contributed by atoms with Gasteiger partial charge in [-0.25, -0.2) is 5.01 Å². The summed E-state index contributed by atoms with van der Waals surface area (Å²) in [6.45, 7) is 1.54. The number of Topliss-reactive ketones (excluding diaryl/α,β-unsaturated/α-hetero) is 1. The number of ketones is 1. The number of hydrogen-bond donors (Lipinski definition) is 0. The molecule has 0 bridgehead atoms. The summed E-state index contributed by atoms with van der Waals surface area (Å²) in [6, 6.07) is 21.4. The normalized spacial score (nSPS) is 16.7. The van der Waals surface area contributed by atoms with Gasteiger partial charge in [0.2, 0.25) is 0 Å². The summed E-state index contributed by atoms with van der Waals surface area (Å²) in [5.74, 6) is 0.305. The quantitative estimate of drug-likeness (QED) is 0.612. The number of nitrogens with zero attached hydrogens (tertiary/aromatic N) is 3. The predicted molar refractivity (Wildman–Crippen MR) is 108 cm³/mol. The molecule has 1 aromatic heterocycles. The Morgan fingerprint density at radius 2 is 1.81 bits per heavy atom. The van der Waals surface area contributed by atoms with Gasteiger partial charge in [-0.2, -0.15) is 0 Å². The van der Waals surface area contributed by atoms with Gasteiger partial charge in [0.1, 0.15) is 0 Å². The number of amidine groups is 1. The zero-order valence-electron chi connectivity index (χ0n) is 14.0. The highest BCUT2D eigenvalue weighted by Crippen LogP contribution is 2.40. The van der Waals surface area contributed by atoms with Crippen molar-refractivity contribution < 1.29 is 4.79 Å². The van der Waals surface area contributed by atoms with Crippen LogP contribution in [0.1, 0.15) is 18.0 Å². The summed E-state index contributed by atoms with van der Waals surface area (Å²) >= 11 is 7.85. The maximum Gasteiger partial charge on any atom is 0.198 e. The third-order valence-corrected chi connectivity index (χ3v) is 5.27. The van der Waals surface area contributed by atoms with E-state index in [4.69, 9.17) is 11.6 Å². The Labute approximate surface area is 160 Å². The predicted octanol–water partition coefficient (Wildman–Crippen LogP) is 5.33. The number of benzene rings is 2. The first-order valence-electron chi connectivity index (χ1n) is 8.17. The van der Waals surface area contributed by atoms with Crippen LogP contribution in [0.15, 0.2) is 77.2 Å². The Balaban J connectivity index is 1.89. The summed E-state index contributed by atoms with van der Waals surface area (Å²) in [5, 5.41) is 9.21. The molecule has 26 heavy (non-hydrogen) atoms. The Hall–Kier alpha value is -2.63. The van der Waals surface area contributed by atoms with Crippen molar-refractivity contribution in [1.29, 1.82) is 0 Å². The van der Waals surface area contributed by atoms with Gasteiger partial charge < -0.3 is 0 Å². The fourth-order valence-corrected chi connectivity index (χ4v) is 4.01. The molecule has 4 nitrogen and oxygen atoms in total. The van der Waals surface area contributed by atoms with Gasteiger partial charge >= 0.3 is 0 Å². The monoisotopic (exact) mass is 381 g/mol. The van der Waals surface area contributed by atoms with Gasteiger partial charge in [-0.15, -0.1) is 16.4 Å². The van der Waals surface area contributed by atoms with Crippen molar-refractivity contribution in [1.82, 2.24) is 0 Å². The highest BCUT2D eigenvalue weighted by atomic mass is 35.5. The van der Waals surface area contributed by atoms with Gasteiger partial charge in [0.25, 0.3) is 0 Å². The SMILES string of the molecule is CC(=O)C1=NN(c2ccccc2)[C@H](c2cccs2)N1c1cccc(Cl)c1. The molecule has 6 heteroatoms. The van der Waals surface area contributed by atoms with Crippen molar-refractivity contribution in [3.8, 4) is 0 Å². The fraction of sp³-hybridized carbons (Fsp3) is 0.100. The number of rotatable bonds is 4. The summed E-state index contributed by atoms with van der Waals surface area (Å²) in [5.41, 5.74) is 1.76. The maximum atomic E-state index is 12.4. The number of hydrazone groups is 1. The number of carbonyl (C=O) groups excluding carboxylic acids is 1. The zero-order valence-corrected chi connectivity index (χ0v) is 15.6. The number of halogens is 1. The second-order valence-corrected chi connectivity index (χ2v) is 7.31. The molecule has 0 amide bonds. The second kappa shape index (κ2) is 6.94. The molecule has 0 saturated carbocycles. The van der Waals surface area contributed by atoms with Crippen molar-refractivity contribution in [2.75, 3.05) is 9.91 Å². The number of thiophene rings is 1. The van der Waals surface area contributed by atoms with E-state index < -0.39 is 0 Å². The lowest BCUT2D eigenvalue weighted by atomic mass is 10.2. The lowest BCUT2D eigenvalue weighted by Gasteiger charge is -2.31. The molecule has 0 aliphatic carbocycles. The standard InChI is InChI=1S/C20H16ClN3OS/c1-14(25)19-22-24(16-8-3-2-4-9-16)20(18-11-6-12-26-18)23(19)17-10-5-7-15(21)13-17/h2-13,20H,1H3/t20-/m1/s1. The van der Waals surface area contributed by atoms with Crippen LogP contribution in [0.3, 0.4) is 0 Å². The summed E-state index contributed by atoms with van der Waals surface area (Å²) in [7, 11) is 0. The Bertz CT molecular complexity index is 956. The zero-order chi connectivity index (χ0) is 18.1. The average Bonchev–Trinajstić information content (AvgIpc) is 3.30. The first kappa shape index (κ1) is 16.8. The van der Waals surface area contributed by atoms with E-state index in [0.717, 1.165) is 16.3 Å². The molecule has 1 aliphatic rings. The Morgan fingerprint density at radius 1 is 1.04 bits per heavy atom. The molecule has 0 radical (unpaired) electrons. The van der Waals surface area contributed by atoms with Crippen LogP contribution in [0.5, 0.6) is 0 Å². The lowest BCUT2D eigenvalue weighted by Crippen LogP contribution is -2.37. The number of carbonyl (C=O) groups is 1. The van der Waals surface area contributed by atoms with Crippen molar-refractivity contribution in [3.63, 3.8) is 0 Å². The van der Waals surface area contributed by atoms with E-state index in [1.165, 1.54) is 6.92 Å². The highest BCUT2D eigenvalue weighted by molar-refractivity contribution is 7.10. The van der Waals surface area contributed by atoms with E-state index >= 15 is 0 Å². The van der Waals surface area contributed by atoms with Crippen LogP contribution in [0.25, 0.3) is 0 Å². The number of anilines is 2. The van der Waals surface area contributed by atoms with Crippen molar-refractivity contribution >= 4 is 45.9 Å². The van der Waals surface area contributed by atoms with E-state index in [1.54, 1.807) is 11.3 Å². The molecular formula is C20H16ClN3OS. The summed E-state index contributed by atoms with van der Waals surface area (Å²) < 4.78 is 0. The molecule has 0 N–H and O–H groups in total. The van der Waals surface area contributed by atoms with Crippen LogP contribution in [0.2, 0.25) is 5.02 Å². The highest BCUT2D eigenvalue weighted by Gasteiger charge is 2.39. The molecule has 2 heterocycles. The van der Waals surface area contributed by atoms with Gasteiger partial charge in [-0.3, -0.25) is 9.69 Å². The average molecular weight is 382 g/mol. The molecule has 4 rings (SSSR count). The lowest BCUT2D eigenvalue weighted by molar-refractivity contribution is -0.111. The van der Waals surface area contributed by atoms with E-state index in [0.29, 0.717) is 10.9 Å². The molecule has 0 fully saturated rings. The number of hydrogen-bond acceptors (Lipinski definition) is 5. The fourth-order valence-electron chi connectivity index (χ4n) is 3.03. The molecule has 0 spiro atoms. The minimum Gasteiger partial charge on any atom is -0.294 e. The van der Waals surface area contributed by atoms with Crippen LogP contribution >= 0.6 is 22.9 Å². The summed E-state index contributed by atoms with van der Waals surface area (Å²) in [4.78, 5) is 15.4. The van der Waals surface area contributed by atoms with E-state index in [2.05, 4.69) is 11.2 Å². The van der Waals surface area contributed by atoms with Crippen molar-refractivity contribution in [2.45, 2.75) is 13.1 Å². The molecule has 130 valence electrons. The van der Waals surface area contributed by atoms with Gasteiger partial charge in [0, 0.05) is 22.5 Å². The van der Waals surface area contributed by atoms with Crippen LogP contribution in [-0.2, 0) is 4.79 Å². The molecule has 1 atom stereocenters. The van der Waals surface area contributed by atoms with E-state index in [1.807, 2.05) is 76.0 Å².